The second kappa shape index (κ2) is 7.23. The zero-order valence-corrected chi connectivity index (χ0v) is 16.1. The molecule has 6 nitrogen and oxygen atoms in total. The van der Waals surface area contributed by atoms with E-state index in [9.17, 15) is 4.79 Å². The molecule has 144 valence electrons. The first kappa shape index (κ1) is 17.2. The molecule has 4 heterocycles. The summed E-state index contributed by atoms with van der Waals surface area (Å²) in [4.78, 5) is 19.8. The number of rotatable bonds is 4. The van der Waals surface area contributed by atoms with Crippen molar-refractivity contribution in [2.45, 2.75) is 83.5 Å². The van der Waals surface area contributed by atoms with E-state index >= 15 is 0 Å². The summed E-state index contributed by atoms with van der Waals surface area (Å²) in [6.45, 7) is 3.80. The van der Waals surface area contributed by atoms with Crippen LogP contribution in [0.2, 0.25) is 0 Å². The number of likely N-dealkylation sites (tertiary alicyclic amines) is 1. The number of hydrogen-bond donors (Lipinski definition) is 0. The molecule has 2 aliphatic heterocycles. The molecule has 1 fully saturated rings. The van der Waals surface area contributed by atoms with Crippen molar-refractivity contribution >= 4 is 0 Å². The normalized spacial score (nSPS) is 22.6. The highest BCUT2D eigenvalue weighted by Crippen LogP contribution is 2.24. The Labute approximate surface area is 160 Å². The van der Waals surface area contributed by atoms with E-state index in [1.54, 1.807) is 4.68 Å². The van der Waals surface area contributed by atoms with Crippen LogP contribution < -0.4 is 5.56 Å². The fourth-order valence-electron chi connectivity index (χ4n) is 5.05. The second-order valence-corrected chi connectivity index (χ2v) is 8.38. The fourth-order valence-corrected chi connectivity index (χ4v) is 5.05. The average molecular weight is 367 g/mol. The van der Waals surface area contributed by atoms with Crippen LogP contribution in [-0.2, 0) is 38.9 Å². The number of fused-ring (bicyclic) bond motifs is 2. The Morgan fingerprint density at radius 3 is 2.89 bits per heavy atom. The summed E-state index contributed by atoms with van der Waals surface area (Å²) in [5.74, 6) is 1.20. The second-order valence-electron chi connectivity index (χ2n) is 8.38. The fraction of sp³-hybridized carbons (Fsp3) is 0.667. The van der Waals surface area contributed by atoms with Crippen LogP contribution in [0.1, 0.15) is 61.3 Å². The van der Waals surface area contributed by atoms with Gasteiger partial charge in [-0.15, -0.1) is 0 Å². The van der Waals surface area contributed by atoms with Gasteiger partial charge in [-0.25, -0.2) is 9.67 Å². The monoisotopic (exact) mass is 367 g/mol. The van der Waals surface area contributed by atoms with Gasteiger partial charge in [0.25, 0.3) is 5.56 Å². The van der Waals surface area contributed by atoms with E-state index in [2.05, 4.69) is 15.7 Å². The van der Waals surface area contributed by atoms with Crippen molar-refractivity contribution in [2.24, 2.45) is 0 Å². The van der Waals surface area contributed by atoms with Crippen LogP contribution in [0.5, 0.6) is 0 Å². The maximum atomic E-state index is 12.6. The lowest BCUT2D eigenvalue weighted by Gasteiger charge is -2.26. The molecule has 6 heteroatoms. The van der Waals surface area contributed by atoms with Gasteiger partial charge in [0.2, 0.25) is 0 Å². The zero-order valence-electron chi connectivity index (χ0n) is 16.1. The van der Waals surface area contributed by atoms with Gasteiger partial charge in [-0.05, 0) is 69.9 Å². The van der Waals surface area contributed by atoms with E-state index in [4.69, 9.17) is 10.1 Å². The molecule has 0 amide bonds. The maximum Gasteiger partial charge on any atom is 0.267 e. The van der Waals surface area contributed by atoms with Crippen molar-refractivity contribution in [3.05, 3.63) is 45.4 Å². The molecule has 3 aliphatic rings. The minimum atomic E-state index is 0.0701. The lowest BCUT2D eigenvalue weighted by molar-refractivity contribution is 0.207. The van der Waals surface area contributed by atoms with Crippen LogP contribution in [0.3, 0.4) is 0 Å². The Hall–Kier alpha value is -1.95. The van der Waals surface area contributed by atoms with Crippen molar-refractivity contribution in [2.75, 3.05) is 6.54 Å². The molecule has 27 heavy (non-hydrogen) atoms. The lowest BCUT2D eigenvalue weighted by Crippen LogP contribution is -2.38. The molecule has 5 rings (SSSR count). The Kier molecular flexibility index (Phi) is 4.60. The van der Waals surface area contributed by atoms with Crippen molar-refractivity contribution in [1.82, 2.24) is 24.2 Å². The predicted octanol–water partition coefficient (Wildman–Crippen LogP) is 2.32. The van der Waals surface area contributed by atoms with E-state index in [-0.39, 0.29) is 5.56 Å². The molecule has 2 aromatic heterocycles. The largest absolute Gasteiger partial charge is 0.331 e. The minimum absolute atomic E-state index is 0.0701. The number of aromatic nitrogens is 4. The predicted molar refractivity (Wildman–Crippen MR) is 104 cm³/mol. The van der Waals surface area contributed by atoms with E-state index in [0.29, 0.717) is 12.6 Å². The molecule has 1 atom stereocenters. The summed E-state index contributed by atoms with van der Waals surface area (Å²) >= 11 is 0. The topological polar surface area (TPSA) is 56.0 Å². The molecular weight excluding hydrogens is 338 g/mol. The third-order valence-corrected chi connectivity index (χ3v) is 6.59. The van der Waals surface area contributed by atoms with E-state index in [1.807, 2.05) is 6.07 Å². The number of hydrogen-bond acceptors (Lipinski definition) is 4. The Morgan fingerprint density at radius 2 is 1.93 bits per heavy atom. The van der Waals surface area contributed by atoms with Gasteiger partial charge in [-0.3, -0.25) is 9.69 Å². The third kappa shape index (κ3) is 3.35. The van der Waals surface area contributed by atoms with Crippen LogP contribution in [0, 0.1) is 0 Å². The Bertz CT molecular complexity index is 883. The third-order valence-electron chi connectivity index (χ3n) is 6.59. The van der Waals surface area contributed by atoms with Crippen molar-refractivity contribution in [1.29, 1.82) is 0 Å². The standard InChI is InChI=1S/C21H29N5O/c27-21-12-16-6-1-2-9-19(16)23-26(21)14-18-8-5-10-24(18)15-20-22-13-17-7-3-4-11-25(17)20/h12-13,18H,1-11,14-15H2. The minimum Gasteiger partial charge on any atom is -0.331 e. The molecule has 1 unspecified atom stereocenters. The van der Waals surface area contributed by atoms with Crippen molar-refractivity contribution in [3.63, 3.8) is 0 Å². The molecule has 1 aliphatic carbocycles. The van der Waals surface area contributed by atoms with E-state index < -0.39 is 0 Å². The van der Waals surface area contributed by atoms with Crippen LogP contribution in [0.15, 0.2) is 17.1 Å². The summed E-state index contributed by atoms with van der Waals surface area (Å²) in [5.41, 5.74) is 3.78. The van der Waals surface area contributed by atoms with Gasteiger partial charge < -0.3 is 4.57 Å². The van der Waals surface area contributed by atoms with Gasteiger partial charge in [-0.1, -0.05) is 0 Å². The molecule has 0 N–H and O–H groups in total. The van der Waals surface area contributed by atoms with Gasteiger partial charge in [0.1, 0.15) is 5.82 Å². The van der Waals surface area contributed by atoms with Crippen molar-refractivity contribution in [3.8, 4) is 0 Å². The van der Waals surface area contributed by atoms with Crippen LogP contribution in [0.25, 0.3) is 0 Å². The molecular formula is C21H29N5O. The first-order valence-electron chi connectivity index (χ1n) is 10.7. The van der Waals surface area contributed by atoms with Gasteiger partial charge in [0.15, 0.2) is 0 Å². The number of aryl methyl sites for hydroxylation is 3. The van der Waals surface area contributed by atoms with Gasteiger partial charge in [0.05, 0.1) is 18.8 Å². The molecule has 0 bridgehead atoms. The highest BCUT2D eigenvalue weighted by Gasteiger charge is 2.28. The van der Waals surface area contributed by atoms with Crippen LogP contribution in [0.4, 0.5) is 0 Å². The SMILES string of the molecule is O=c1cc2c(nn1CC1CCCN1Cc1ncc3n1CCCC3)CCCC2. The maximum absolute atomic E-state index is 12.6. The first-order chi connectivity index (χ1) is 13.3. The molecule has 0 radical (unpaired) electrons. The van der Waals surface area contributed by atoms with Crippen molar-refractivity contribution < 1.29 is 0 Å². The molecule has 0 spiro atoms. The summed E-state index contributed by atoms with van der Waals surface area (Å²) in [7, 11) is 0. The number of nitrogens with zero attached hydrogens (tertiary/aromatic N) is 5. The number of imidazole rings is 1. The molecule has 2 aromatic rings. The first-order valence-corrected chi connectivity index (χ1v) is 10.7. The summed E-state index contributed by atoms with van der Waals surface area (Å²) in [6.07, 6.45) is 12.5. The smallest absolute Gasteiger partial charge is 0.267 e. The Balaban J connectivity index is 1.33. The highest BCUT2D eigenvalue weighted by atomic mass is 16.1. The van der Waals surface area contributed by atoms with E-state index in [0.717, 1.165) is 51.0 Å². The summed E-state index contributed by atoms with van der Waals surface area (Å²) in [5, 5.41) is 4.73. The lowest BCUT2D eigenvalue weighted by atomic mass is 9.97. The average Bonchev–Trinajstić information content (AvgIpc) is 3.30. The quantitative estimate of drug-likeness (QED) is 0.832. The molecule has 1 saturated heterocycles. The van der Waals surface area contributed by atoms with Crippen LogP contribution >= 0.6 is 0 Å². The molecule has 0 aromatic carbocycles. The van der Waals surface area contributed by atoms with Gasteiger partial charge >= 0.3 is 0 Å². The van der Waals surface area contributed by atoms with E-state index in [1.165, 1.54) is 49.2 Å². The summed E-state index contributed by atoms with van der Waals surface area (Å²) in [6, 6.07) is 2.22. The van der Waals surface area contributed by atoms with Gasteiger partial charge in [0, 0.05) is 30.5 Å². The Morgan fingerprint density at radius 1 is 1.04 bits per heavy atom. The molecule has 0 saturated carbocycles. The highest BCUT2D eigenvalue weighted by molar-refractivity contribution is 5.20. The zero-order chi connectivity index (χ0) is 18.2. The van der Waals surface area contributed by atoms with Gasteiger partial charge in [-0.2, -0.15) is 5.10 Å². The summed E-state index contributed by atoms with van der Waals surface area (Å²) < 4.78 is 4.15. The van der Waals surface area contributed by atoms with Crippen LogP contribution in [-0.4, -0.2) is 36.8 Å².